The molecule has 0 spiro atoms. The lowest BCUT2D eigenvalue weighted by Crippen LogP contribution is -2.04. The van der Waals surface area contributed by atoms with E-state index in [9.17, 15) is 0 Å². The fourth-order valence-electron chi connectivity index (χ4n) is 2.05. The van der Waals surface area contributed by atoms with Crippen LogP contribution in [0.4, 0.5) is 0 Å². The minimum absolute atomic E-state index is 0.955. The molecule has 13 heavy (non-hydrogen) atoms. The standard InChI is InChI=1S/C13H28/c1-5-8-9-10-12(4)11-13(6-2)7-3/h12-13H,5-11H2,1-4H3/t12-/m0/s1. The molecule has 0 aliphatic rings. The number of hydrogen-bond donors (Lipinski definition) is 0. The Balaban J connectivity index is 3.42. The molecule has 0 heteroatoms. The predicted octanol–water partition coefficient (Wildman–Crippen LogP) is 5.03. The Bertz CT molecular complexity index is 92.2. The largest absolute Gasteiger partial charge is 0.0654 e. The van der Waals surface area contributed by atoms with Crippen molar-refractivity contribution in [3.8, 4) is 0 Å². The van der Waals surface area contributed by atoms with E-state index in [4.69, 9.17) is 0 Å². The van der Waals surface area contributed by atoms with Crippen LogP contribution in [0.25, 0.3) is 0 Å². The Labute approximate surface area is 85.1 Å². The van der Waals surface area contributed by atoms with Gasteiger partial charge in [-0.25, -0.2) is 0 Å². The first kappa shape index (κ1) is 13.0. The maximum atomic E-state index is 2.42. The van der Waals surface area contributed by atoms with E-state index in [1.54, 1.807) is 0 Å². The van der Waals surface area contributed by atoms with E-state index in [0.717, 1.165) is 11.8 Å². The van der Waals surface area contributed by atoms with Crippen molar-refractivity contribution in [2.75, 3.05) is 0 Å². The highest BCUT2D eigenvalue weighted by molar-refractivity contribution is 4.61. The van der Waals surface area contributed by atoms with Crippen LogP contribution in [0.1, 0.15) is 72.6 Å². The van der Waals surface area contributed by atoms with Gasteiger partial charge in [0.2, 0.25) is 0 Å². The molecule has 0 unspecified atom stereocenters. The molecule has 0 saturated carbocycles. The lowest BCUT2D eigenvalue weighted by Gasteiger charge is -2.17. The number of rotatable bonds is 8. The van der Waals surface area contributed by atoms with Gasteiger partial charge in [-0.2, -0.15) is 0 Å². The molecule has 0 heterocycles. The number of hydrogen-bond acceptors (Lipinski definition) is 0. The molecule has 0 rings (SSSR count). The highest BCUT2D eigenvalue weighted by Crippen LogP contribution is 2.22. The van der Waals surface area contributed by atoms with E-state index in [-0.39, 0.29) is 0 Å². The average molecular weight is 184 g/mol. The van der Waals surface area contributed by atoms with Gasteiger partial charge in [0.15, 0.2) is 0 Å². The molecule has 0 fully saturated rings. The second-order valence-electron chi connectivity index (χ2n) is 4.52. The smallest absolute Gasteiger partial charge is 0.0417 e. The van der Waals surface area contributed by atoms with Gasteiger partial charge in [-0.3, -0.25) is 0 Å². The van der Waals surface area contributed by atoms with E-state index in [1.807, 2.05) is 0 Å². The molecule has 0 nitrogen and oxygen atoms in total. The fourth-order valence-corrected chi connectivity index (χ4v) is 2.05. The van der Waals surface area contributed by atoms with E-state index in [1.165, 1.54) is 44.9 Å². The zero-order valence-electron chi connectivity index (χ0n) is 10.1. The molecule has 0 N–H and O–H groups in total. The van der Waals surface area contributed by atoms with E-state index >= 15 is 0 Å². The summed E-state index contributed by atoms with van der Waals surface area (Å²) >= 11 is 0. The molecule has 0 aliphatic heterocycles. The minimum Gasteiger partial charge on any atom is -0.0654 e. The van der Waals surface area contributed by atoms with Gasteiger partial charge in [-0.15, -0.1) is 0 Å². The first-order chi connectivity index (χ1) is 6.24. The summed E-state index contributed by atoms with van der Waals surface area (Å²) in [6, 6.07) is 0. The third-order valence-electron chi connectivity index (χ3n) is 3.19. The van der Waals surface area contributed by atoms with Gasteiger partial charge in [0, 0.05) is 0 Å². The lowest BCUT2D eigenvalue weighted by molar-refractivity contribution is 0.348. The fraction of sp³-hybridized carbons (Fsp3) is 1.00. The zero-order chi connectivity index (χ0) is 10.1. The molecule has 0 radical (unpaired) electrons. The van der Waals surface area contributed by atoms with Crippen molar-refractivity contribution in [3.63, 3.8) is 0 Å². The summed E-state index contributed by atoms with van der Waals surface area (Å²) in [6.45, 7) is 9.36. The predicted molar refractivity (Wildman–Crippen MR) is 62.0 cm³/mol. The molecule has 0 aromatic rings. The van der Waals surface area contributed by atoms with Crippen LogP contribution in [-0.4, -0.2) is 0 Å². The number of unbranched alkanes of at least 4 members (excludes halogenated alkanes) is 2. The quantitative estimate of drug-likeness (QED) is 0.464. The summed E-state index contributed by atoms with van der Waals surface area (Å²) in [7, 11) is 0. The monoisotopic (exact) mass is 184 g/mol. The van der Waals surface area contributed by atoms with E-state index in [2.05, 4.69) is 27.7 Å². The van der Waals surface area contributed by atoms with Crippen molar-refractivity contribution in [2.24, 2.45) is 11.8 Å². The first-order valence-electron chi connectivity index (χ1n) is 6.24. The molecule has 0 aliphatic carbocycles. The Morgan fingerprint density at radius 1 is 0.923 bits per heavy atom. The molecule has 1 atom stereocenters. The minimum atomic E-state index is 0.955. The Morgan fingerprint density at radius 3 is 2.00 bits per heavy atom. The normalized spacial score (nSPS) is 13.6. The van der Waals surface area contributed by atoms with Crippen molar-refractivity contribution in [3.05, 3.63) is 0 Å². The van der Waals surface area contributed by atoms with Crippen molar-refractivity contribution in [1.82, 2.24) is 0 Å². The van der Waals surface area contributed by atoms with Gasteiger partial charge in [-0.1, -0.05) is 66.2 Å². The maximum Gasteiger partial charge on any atom is -0.0417 e. The molecule has 80 valence electrons. The van der Waals surface area contributed by atoms with Gasteiger partial charge in [0.25, 0.3) is 0 Å². The summed E-state index contributed by atoms with van der Waals surface area (Å²) in [4.78, 5) is 0. The summed E-state index contributed by atoms with van der Waals surface area (Å²) in [5.41, 5.74) is 0. The van der Waals surface area contributed by atoms with Crippen molar-refractivity contribution in [2.45, 2.75) is 72.6 Å². The lowest BCUT2D eigenvalue weighted by atomic mass is 9.89. The second kappa shape index (κ2) is 8.59. The van der Waals surface area contributed by atoms with Crippen LogP contribution in [0.2, 0.25) is 0 Å². The van der Waals surface area contributed by atoms with Gasteiger partial charge in [0.1, 0.15) is 0 Å². The van der Waals surface area contributed by atoms with Crippen LogP contribution in [0.5, 0.6) is 0 Å². The topological polar surface area (TPSA) is 0 Å². The van der Waals surface area contributed by atoms with Gasteiger partial charge < -0.3 is 0 Å². The summed E-state index contributed by atoms with van der Waals surface area (Å²) in [6.07, 6.45) is 9.87. The van der Waals surface area contributed by atoms with Crippen LogP contribution in [0.15, 0.2) is 0 Å². The SMILES string of the molecule is CCCCC[C@H](C)CC(CC)CC. The molecular weight excluding hydrogens is 156 g/mol. The summed E-state index contributed by atoms with van der Waals surface area (Å²) < 4.78 is 0. The first-order valence-corrected chi connectivity index (χ1v) is 6.24. The van der Waals surface area contributed by atoms with Crippen LogP contribution in [0, 0.1) is 11.8 Å². The van der Waals surface area contributed by atoms with Gasteiger partial charge in [-0.05, 0) is 18.3 Å². The van der Waals surface area contributed by atoms with Gasteiger partial charge >= 0.3 is 0 Å². The molecular formula is C13H28. The third kappa shape index (κ3) is 7.10. The Hall–Kier alpha value is 0. The van der Waals surface area contributed by atoms with Crippen molar-refractivity contribution in [1.29, 1.82) is 0 Å². The highest BCUT2D eigenvalue weighted by atomic mass is 14.1. The highest BCUT2D eigenvalue weighted by Gasteiger charge is 2.08. The Kier molecular flexibility index (Phi) is 8.59. The summed E-state index contributed by atoms with van der Waals surface area (Å²) in [5.74, 6) is 1.94. The van der Waals surface area contributed by atoms with Crippen LogP contribution >= 0.6 is 0 Å². The van der Waals surface area contributed by atoms with Gasteiger partial charge in [0.05, 0.1) is 0 Å². The van der Waals surface area contributed by atoms with Crippen LogP contribution < -0.4 is 0 Å². The molecule has 0 aromatic heterocycles. The molecule has 0 bridgehead atoms. The zero-order valence-corrected chi connectivity index (χ0v) is 10.1. The van der Waals surface area contributed by atoms with Crippen molar-refractivity contribution < 1.29 is 0 Å². The van der Waals surface area contributed by atoms with E-state index < -0.39 is 0 Å². The van der Waals surface area contributed by atoms with Crippen molar-refractivity contribution >= 4 is 0 Å². The van der Waals surface area contributed by atoms with Crippen LogP contribution in [-0.2, 0) is 0 Å². The third-order valence-corrected chi connectivity index (χ3v) is 3.19. The average Bonchev–Trinajstić information content (AvgIpc) is 2.14. The van der Waals surface area contributed by atoms with Crippen LogP contribution in [0.3, 0.4) is 0 Å². The molecule has 0 amide bonds. The molecule has 0 saturated heterocycles. The second-order valence-corrected chi connectivity index (χ2v) is 4.52. The van der Waals surface area contributed by atoms with E-state index in [0.29, 0.717) is 0 Å². The maximum absolute atomic E-state index is 2.42. The Morgan fingerprint density at radius 2 is 1.54 bits per heavy atom. The summed E-state index contributed by atoms with van der Waals surface area (Å²) in [5, 5.41) is 0. The molecule has 0 aromatic carbocycles.